The average molecular weight is 240 g/mol. The summed E-state index contributed by atoms with van der Waals surface area (Å²) in [6.45, 7) is 3.88. The van der Waals surface area contributed by atoms with Gasteiger partial charge in [-0.15, -0.1) is 0 Å². The van der Waals surface area contributed by atoms with Crippen LogP contribution in [0.5, 0.6) is 0 Å². The first-order valence-electron chi connectivity index (χ1n) is 5.96. The number of likely N-dealkylation sites (tertiary alicyclic amines) is 1. The zero-order valence-corrected chi connectivity index (χ0v) is 10.2. The van der Waals surface area contributed by atoms with Crippen LogP contribution in [0.25, 0.3) is 0 Å². The van der Waals surface area contributed by atoms with Crippen molar-refractivity contribution in [3.05, 3.63) is 35.4 Å². The minimum Gasteiger partial charge on any atom is -0.306 e. The highest BCUT2D eigenvalue weighted by Gasteiger charge is 2.22. The number of rotatable bonds is 3. The fourth-order valence-corrected chi connectivity index (χ4v) is 2.36. The second kappa shape index (κ2) is 5.10. The molecule has 2 nitrogen and oxygen atoms in total. The van der Waals surface area contributed by atoms with Gasteiger partial charge in [0.2, 0.25) is 0 Å². The molecule has 1 saturated heterocycles. The average Bonchev–Trinajstić information content (AvgIpc) is 2.67. The van der Waals surface area contributed by atoms with Gasteiger partial charge >= 0.3 is 0 Å². The first-order valence-corrected chi connectivity index (χ1v) is 5.96. The van der Waals surface area contributed by atoms with Crippen molar-refractivity contribution in [2.24, 2.45) is 0 Å². The van der Waals surface area contributed by atoms with E-state index in [2.05, 4.69) is 17.3 Å². The maximum atomic E-state index is 13.6. The Balaban J connectivity index is 2.04. The normalized spacial score (nSPS) is 22.9. The molecule has 0 spiro atoms. The first kappa shape index (κ1) is 12.5. The molecule has 2 atom stereocenters. The van der Waals surface area contributed by atoms with E-state index in [-0.39, 0.29) is 11.9 Å². The molecule has 1 fully saturated rings. The molecular formula is C13H18F2N2. The van der Waals surface area contributed by atoms with Crippen molar-refractivity contribution in [1.82, 2.24) is 10.2 Å². The molecule has 0 radical (unpaired) electrons. The van der Waals surface area contributed by atoms with Gasteiger partial charge in [-0.25, -0.2) is 8.78 Å². The number of nitrogens with zero attached hydrogens (tertiary/aromatic N) is 1. The van der Waals surface area contributed by atoms with Crippen LogP contribution in [-0.4, -0.2) is 31.1 Å². The maximum absolute atomic E-state index is 13.6. The molecule has 1 aliphatic heterocycles. The highest BCUT2D eigenvalue weighted by Crippen LogP contribution is 2.20. The molecule has 1 aromatic carbocycles. The lowest BCUT2D eigenvalue weighted by molar-refractivity contribution is 0.384. The third-order valence-corrected chi connectivity index (χ3v) is 3.30. The van der Waals surface area contributed by atoms with Gasteiger partial charge in [-0.3, -0.25) is 0 Å². The van der Waals surface area contributed by atoms with Crippen LogP contribution < -0.4 is 5.32 Å². The summed E-state index contributed by atoms with van der Waals surface area (Å²) in [6.07, 6.45) is 1.05. The van der Waals surface area contributed by atoms with Crippen LogP contribution in [0.4, 0.5) is 8.78 Å². The molecule has 0 aromatic heterocycles. The molecule has 0 bridgehead atoms. The van der Waals surface area contributed by atoms with Crippen LogP contribution >= 0.6 is 0 Å². The van der Waals surface area contributed by atoms with E-state index in [4.69, 9.17) is 0 Å². The van der Waals surface area contributed by atoms with E-state index in [1.807, 2.05) is 6.92 Å². The molecule has 4 heteroatoms. The zero-order chi connectivity index (χ0) is 12.4. The second-order valence-electron chi connectivity index (χ2n) is 4.80. The molecule has 94 valence electrons. The fourth-order valence-electron chi connectivity index (χ4n) is 2.36. The second-order valence-corrected chi connectivity index (χ2v) is 4.80. The highest BCUT2D eigenvalue weighted by atomic mass is 19.1. The quantitative estimate of drug-likeness (QED) is 0.872. The Morgan fingerprint density at radius 3 is 2.82 bits per heavy atom. The molecule has 1 aliphatic rings. The lowest BCUT2D eigenvalue weighted by Gasteiger charge is -2.20. The van der Waals surface area contributed by atoms with Gasteiger partial charge in [0.25, 0.3) is 0 Å². The topological polar surface area (TPSA) is 15.3 Å². The molecule has 1 aromatic rings. The molecule has 0 amide bonds. The van der Waals surface area contributed by atoms with E-state index in [0.29, 0.717) is 11.6 Å². The van der Waals surface area contributed by atoms with Gasteiger partial charge in [0.15, 0.2) is 0 Å². The van der Waals surface area contributed by atoms with Crippen LogP contribution in [0.1, 0.15) is 24.9 Å². The summed E-state index contributed by atoms with van der Waals surface area (Å²) in [5.74, 6) is -0.739. The molecule has 2 rings (SSSR count). The number of halogens is 2. The number of nitrogens with one attached hydrogen (secondary N) is 1. The minimum atomic E-state index is -0.390. The number of hydrogen-bond donors (Lipinski definition) is 1. The van der Waals surface area contributed by atoms with Crippen molar-refractivity contribution < 1.29 is 8.78 Å². The molecular weight excluding hydrogens is 222 g/mol. The highest BCUT2D eigenvalue weighted by molar-refractivity contribution is 5.22. The third kappa shape index (κ3) is 3.01. The Bertz CT molecular complexity index is 395. The minimum absolute atomic E-state index is 0.165. The summed E-state index contributed by atoms with van der Waals surface area (Å²) in [6, 6.07) is 3.80. The van der Waals surface area contributed by atoms with Crippen LogP contribution in [0.3, 0.4) is 0 Å². The molecule has 17 heavy (non-hydrogen) atoms. The van der Waals surface area contributed by atoms with Crippen molar-refractivity contribution in [2.45, 2.75) is 25.4 Å². The van der Waals surface area contributed by atoms with Gasteiger partial charge in [0.05, 0.1) is 0 Å². The largest absolute Gasteiger partial charge is 0.306 e. The van der Waals surface area contributed by atoms with E-state index in [0.717, 1.165) is 25.6 Å². The summed E-state index contributed by atoms with van der Waals surface area (Å²) in [5.41, 5.74) is 0.402. The van der Waals surface area contributed by atoms with Gasteiger partial charge in [0.1, 0.15) is 11.6 Å². The van der Waals surface area contributed by atoms with Crippen LogP contribution in [0, 0.1) is 11.6 Å². The van der Waals surface area contributed by atoms with E-state index in [1.165, 1.54) is 12.1 Å². The predicted molar refractivity (Wildman–Crippen MR) is 63.8 cm³/mol. The van der Waals surface area contributed by atoms with Gasteiger partial charge in [0, 0.05) is 24.2 Å². The van der Waals surface area contributed by atoms with E-state index in [1.54, 1.807) is 0 Å². The van der Waals surface area contributed by atoms with Gasteiger partial charge in [-0.1, -0.05) is 0 Å². The number of benzene rings is 1. The summed E-state index contributed by atoms with van der Waals surface area (Å²) < 4.78 is 26.6. The lowest BCUT2D eigenvalue weighted by atomic mass is 10.1. The van der Waals surface area contributed by atoms with Gasteiger partial charge < -0.3 is 10.2 Å². The Kier molecular flexibility index (Phi) is 3.74. The monoisotopic (exact) mass is 240 g/mol. The van der Waals surface area contributed by atoms with E-state index >= 15 is 0 Å². The molecule has 1 N–H and O–H groups in total. The van der Waals surface area contributed by atoms with Gasteiger partial charge in [-0.05, 0) is 45.1 Å². The van der Waals surface area contributed by atoms with Crippen LogP contribution in [-0.2, 0) is 0 Å². The summed E-state index contributed by atoms with van der Waals surface area (Å²) >= 11 is 0. The molecule has 0 aliphatic carbocycles. The van der Waals surface area contributed by atoms with Crippen molar-refractivity contribution in [3.63, 3.8) is 0 Å². The number of likely N-dealkylation sites (N-methyl/N-ethyl adjacent to an activating group) is 1. The fraction of sp³-hybridized carbons (Fsp3) is 0.538. The van der Waals surface area contributed by atoms with Crippen molar-refractivity contribution in [3.8, 4) is 0 Å². The number of hydrogen-bond acceptors (Lipinski definition) is 2. The van der Waals surface area contributed by atoms with Crippen molar-refractivity contribution in [2.75, 3.05) is 20.1 Å². The van der Waals surface area contributed by atoms with Crippen molar-refractivity contribution in [1.29, 1.82) is 0 Å². The first-order chi connectivity index (χ1) is 8.06. The summed E-state index contributed by atoms with van der Waals surface area (Å²) in [7, 11) is 2.06. The lowest BCUT2D eigenvalue weighted by Crippen LogP contribution is -2.33. The van der Waals surface area contributed by atoms with E-state index in [9.17, 15) is 8.78 Å². The van der Waals surface area contributed by atoms with Crippen LogP contribution in [0.15, 0.2) is 18.2 Å². The molecule has 1 heterocycles. The Labute approximate surface area is 101 Å². The Hall–Kier alpha value is -1.00. The van der Waals surface area contributed by atoms with Gasteiger partial charge in [-0.2, -0.15) is 0 Å². The zero-order valence-electron chi connectivity index (χ0n) is 10.2. The standard InChI is InChI=1S/C13H18F2N2/c1-9(16-11-5-6-17(2)8-11)12-7-10(14)3-4-13(12)15/h3-4,7,9,11,16H,5-6,8H2,1-2H3. The van der Waals surface area contributed by atoms with E-state index < -0.39 is 5.82 Å². The Morgan fingerprint density at radius 2 is 2.18 bits per heavy atom. The summed E-state index contributed by atoms with van der Waals surface area (Å²) in [4.78, 5) is 2.23. The molecule has 0 saturated carbocycles. The molecule has 2 unspecified atom stereocenters. The smallest absolute Gasteiger partial charge is 0.128 e. The third-order valence-electron chi connectivity index (χ3n) is 3.30. The SMILES string of the molecule is CC(NC1CCN(C)C1)c1cc(F)ccc1F. The van der Waals surface area contributed by atoms with Crippen LogP contribution in [0.2, 0.25) is 0 Å². The Morgan fingerprint density at radius 1 is 1.41 bits per heavy atom. The van der Waals surface area contributed by atoms with Crippen molar-refractivity contribution >= 4 is 0 Å². The predicted octanol–water partition coefficient (Wildman–Crippen LogP) is 2.32. The summed E-state index contributed by atoms with van der Waals surface area (Å²) in [5, 5.41) is 3.35. The maximum Gasteiger partial charge on any atom is 0.128 e.